The fourth-order valence-electron chi connectivity index (χ4n) is 2.83. The lowest BCUT2D eigenvalue weighted by molar-refractivity contribution is -0.137. The van der Waals surface area contributed by atoms with Crippen LogP contribution in [-0.4, -0.2) is 25.2 Å². The summed E-state index contributed by atoms with van der Waals surface area (Å²) in [5.74, 6) is -0.270. The second kappa shape index (κ2) is 6.79. The lowest BCUT2D eigenvalue weighted by Gasteiger charge is -2.35. The molecule has 0 radical (unpaired) electrons. The van der Waals surface area contributed by atoms with Crippen LogP contribution < -0.4 is 4.90 Å². The summed E-state index contributed by atoms with van der Waals surface area (Å²) in [6.45, 7) is 9.75. The number of hydrogen-bond acceptors (Lipinski definition) is 3. The van der Waals surface area contributed by atoms with Crippen molar-refractivity contribution >= 4 is 17.2 Å². The summed E-state index contributed by atoms with van der Waals surface area (Å²) in [6.07, 6.45) is 3.93. The Morgan fingerprint density at radius 3 is 2.86 bits per heavy atom. The number of rotatable bonds is 4. The number of ether oxygens (including phenoxy) is 1. The van der Waals surface area contributed by atoms with E-state index in [0.717, 1.165) is 24.1 Å². The molecule has 1 heterocycles. The van der Waals surface area contributed by atoms with E-state index in [1.54, 1.807) is 6.08 Å². The monoisotopic (exact) mass is 287 g/mol. The molecule has 1 aliphatic rings. The molecule has 0 spiro atoms. The van der Waals surface area contributed by atoms with E-state index in [1.165, 1.54) is 17.7 Å². The molecule has 1 aliphatic heterocycles. The summed E-state index contributed by atoms with van der Waals surface area (Å²) in [7, 11) is 0. The standard InChI is InChI=1S/C18H25NO2/c1-5-21-18(20)11-14(4)16-9-8-15-7-6-10-19(13(2)3)17(15)12-16/h8-9,11-13H,5-7,10H2,1-4H3/b14-11+. The van der Waals surface area contributed by atoms with Crippen LogP contribution in [0.15, 0.2) is 24.3 Å². The minimum Gasteiger partial charge on any atom is -0.463 e. The molecule has 0 amide bonds. The maximum atomic E-state index is 11.6. The Morgan fingerprint density at radius 2 is 2.19 bits per heavy atom. The van der Waals surface area contributed by atoms with Crippen LogP contribution in [0, 0.1) is 0 Å². The van der Waals surface area contributed by atoms with Crippen LogP contribution in [0.3, 0.4) is 0 Å². The van der Waals surface area contributed by atoms with E-state index in [-0.39, 0.29) is 5.97 Å². The Hall–Kier alpha value is -1.77. The second-order valence-corrected chi connectivity index (χ2v) is 5.81. The average molecular weight is 287 g/mol. The van der Waals surface area contributed by atoms with Crippen LogP contribution >= 0.6 is 0 Å². The Bertz CT molecular complexity index is 546. The van der Waals surface area contributed by atoms with Crippen molar-refractivity contribution in [2.75, 3.05) is 18.1 Å². The lowest BCUT2D eigenvalue weighted by atomic mass is 9.96. The van der Waals surface area contributed by atoms with Crippen molar-refractivity contribution in [3.05, 3.63) is 35.4 Å². The van der Waals surface area contributed by atoms with Gasteiger partial charge >= 0.3 is 5.97 Å². The molecule has 2 rings (SSSR count). The van der Waals surface area contributed by atoms with Gasteiger partial charge in [0, 0.05) is 24.4 Å². The van der Waals surface area contributed by atoms with Crippen molar-refractivity contribution in [1.82, 2.24) is 0 Å². The number of benzene rings is 1. The molecule has 1 aromatic rings. The number of esters is 1. The van der Waals surface area contributed by atoms with Gasteiger partial charge < -0.3 is 9.64 Å². The van der Waals surface area contributed by atoms with Gasteiger partial charge in [-0.3, -0.25) is 0 Å². The van der Waals surface area contributed by atoms with Crippen molar-refractivity contribution in [1.29, 1.82) is 0 Å². The van der Waals surface area contributed by atoms with Gasteiger partial charge in [-0.2, -0.15) is 0 Å². The van der Waals surface area contributed by atoms with Crippen LogP contribution in [0.25, 0.3) is 5.57 Å². The van der Waals surface area contributed by atoms with Crippen molar-refractivity contribution < 1.29 is 9.53 Å². The molecule has 0 N–H and O–H groups in total. The van der Waals surface area contributed by atoms with Crippen molar-refractivity contribution in [3.63, 3.8) is 0 Å². The molecule has 3 nitrogen and oxygen atoms in total. The zero-order valence-electron chi connectivity index (χ0n) is 13.5. The van der Waals surface area contributed by atoms with Gasteiger partial charge in [-0.1, -0.05) is 12.1 Å². The van der Waals surface area contributed by atoms with Gasteiger partial charge in [-0.15, -0.1) is 0 Å². The Kier molecular flexibility index (Phi) is 5.05. The van der Waals surface area contributed by atoms with Crippen molar-refractivity contribution in [2.45, 2.75) is 46.6 Å². The molecule has 1 aromatic carbocycles. The summed E-state index contributed by atoms with van der Waals surface area (Å²) in [5.41, 5.74) is 4.76. The predicted octanol–water partition coefficient (Wildman–Crippen LogP) is 3.81. The third-order valence-corrected chi connectivity index (χ3v) is 3.94. The number of carbonyl (C=O) groups is 1. The van der Waals surface area contributed by atoms with E-state index >= 15 is 0 Å². The van der Waals surface area contributed by atoms with Gasteiger partial charge in [0.05, 0.1) is 6.61 Å². The maximum absolute atomic E-state index is 11.6. The molecular formula is C18H25NO2. The van der Waals surface area contributed by atoms with E-state index in [9.17, 15) is 4.79 Å². The highest BCUT2D eigenvalue weighted by atomic mass is 16.5. The Morgan fingerprint density at radius 1 is 1.43 bits per heavy atom. The van der Waals surface area contributed by atoms with Crippen LogP contribution in [0.4, 0.5) is 5.69 Å². The van der Waals surface area contributed by atoms with E-state index < -0.39 is 0 Å². The van der Waals surface area contributed by atoms with Crippen LogP contribution in [0.1, 0.15) is 45.2 Å². The third kappa shape index (κ3) is 3.66. The fourth-order valence-corrected chi connectivity index (χ4v) is 2.83. The molecule has 0 saturated heterocycles. The van der Waals surface area contributed by atoms with Crippen LogP contribution in [0.2, 0.25) is 0 Å². The fraction of sp³-hybridized carbons (Fsp3) is 0.500. The quantitative estimate of drug-likeness (QED) is 0.623. The topological polar surface area (TPSA) is 29.5 Å². The highest BCUT2D eigenvalue weighted by Crippen LogP contribution is 2.31. The summed E-state index contributed by atoms with van der Waals surface area (Å²) >= 11 is 0. The molecule has 0 aliphatic carbocycles. The van der Waals surface area contributed by atoms with Gasteiger partial charge in [0.25, 0.3) is 0 Å². The predicted molar refractivity (Wildman–Crippen MR) is 87.5 cm³/mol. The minimum absolute atomic E-state index is 0.270. The van der Waals surface area contributed by atoms with Gasteiger partial charge in [0.2, 0.25) is 0 Å². The normalized spacial score (nSPS) is 15.1. The largest absolute Gasteiger partial charge is 0.463 e. The van der Waals surface area contributed by atoms with Crippen LogP contribution in [-0.2, 0) is 16.0 Å². The van der Waals surface area contributed by atoms with Gasteiger partial charge in [0.15, 0.2) is 0 Å². The number of nitrogens with zero attached hydrogens (tertiary/aromatic N) is 1. The number of aryl methyl sites for hydroxylation is 1. The minimum atomic E-state index is -0.270. The molecule has 114 valence electrons. The highest BCUT2D eigenvalue weighted by molar-refractivity contribution is 5.91. The molecule has 0 unspecified atom stereocenters. The highest BCUT2D eigenvalue weighted by Gasteiger charge is 2.19. The average Bonchev–Trinajstić information content (AvgIpc) is 2.46. The number of anilines is 1. The van der Waals surface area contributed by atoms with E-state index in [0.29, 0.717) is 12.6 Å². The zero-order valence-corrected chi connectivity index (χ0v) is 13.5. The number of hydrogen-bond donors (Lipinski definition) is 0. The Balaban J connectivity index is 2.31. The molecule has 0 aromatic heterocycles. The van der Waals surface area contributed by atoms with Gasteiger partial charge in [0.1, 0.15) is 0 Å². The zero-order chi connectivity index (χ0) is 15.4. The summed E-state index contributed by atoms with van der Waals surface area (Å²) in [5, 5.41) is 0. The summed E-state index contributed by atoms with van der Waals surface area (Å²) < 4.78 is 4.98. The first-order chi connectivity index (χ1) is 10.0. The summed E-state index contributed by atoms with van der Waals surface area (Å²) in [6, 6.07) is 7.00. The van der Waals surface area contributed by atoms with Crippen molar-refractivity contribution in [2.24, 2.45) is 0 Å². The number of fused-ring (bicyclic) bond motifs is 1. The lowest BCUT2D eigenvalue weighted by Crippen LogP contribution is -2.35. The molecule has 0 atom stereocenters. The first kappa shape index (κ1) is 15.6. The van der Waals surface area contributed by atoms with Crippen molar-refractivity contribution in [3.8, 4) is 0 Å². The smallest absolute Gasteiger partial charge is 0.331 e. The van der Waals surface area contributed by atoms with E-state index in [2.05, 4.69) is 36.9 Å². The SMILES string of the molecule is CCOC(=O)/C=C(\C)c1ccc2c(c1)N(C(C)C)CCC2. The maximum Gasteiger partial charge on any atom is 0.331 e. The molecule has 3 heteroatoms. The molecule has 21 heavy (non-hydrogen) atoms. The van der Waals surface area contributed by atoms with Gasteiger partial charge in [-0.25, -0.2) is 4.79 Å². The molecule has 0 fully saturated rings. The Labute approximate surface area is 127 Å². The van der Waals surface area contributed by atoms with Crippen LogP contribution in [0.5, 0.6) is 0 Å². The first-order valence-electron chi connectivity index (χ1n) is 7.78. The second-order valence-electron chi connectivity index (χ2n) is 5.81. The first-order valence-corrected chi connectivity index (χ1v) is 7.78. The number of carbonyl (C=O) groups excluding carboxylic acids is 1. The molecular weight excluding hydrogens is 262 g/mol. The third-order valence-electron chi connectivity index (χ3n) is 3.94. The van der Waals surface area contributed by atoms with Gasteiger partial charge in [-0.05, 0) is 63.3 Å². The molecule has 0 bridgehead atoms. The summed E-state index contributed by atoms with van der Waals surface area (Å²) in [4.78, 5) is 14.0. The molecule has 0 saturated carbocycles. The van der Waals surface area contributed by atoms with E-state index in [4.69, 9.17) is 4.74 Å². The number of allylic oxidation sites excluding steroid dienone is 1. The van der Waals surface area contributed by atoms with E-state index in [1.807, 2.05) is 13.8 Å².